The first-order chi connectivity index (χ1) is 8.19. The molecule has 0 aliphatic heterocycles. The molecular formula is C10H10N4O2S. The van der Waals surface area contributed by atoms with Crippen molar-refractivity contribution in [1.82, 2.24) is 15.2 Å². The molecule has 2 aromatic heterocycles. The maximum Gasteiger partial charge on any atom is 0.258 e. The third-order valence-corrected chi connectivity index (χ3v) is 3.02. The van der Waals surface area contributed by atoms with E-state index >= 15 is 0 Å². The summed E-state index contributed by atoms with van der Waals surface area (Å²) >= 11 is 1.33. The molecule has 0 saturated heterocycles. The van der Waals surface area contributed by atoms with E-state index in [2.05, 4.69) is 20.5 Å². The van der Waals surface area contributed by atoms with Gasteiger partial charge in [0.05, 0.1) is 5.56 Å². The van der Waals surface area contributed by atoms with Gasteiger partial charge in [-0.15, -0.1) is 10.2 Å². The predicted molar refractivity (Wildman–Crippen MR) is 64.3 cm³/mol. The van der Waals surface area contributed by atoms with Gasteiger partial charge in [-0.2, -0.15) is 0 Å². The van der Waals surface area contributed by atoms with Crippen molar-refractivity contribution in [3.8, 4) is 0 Å². The lowest BCUT2D eigenvalue weighted by Crippen LogP contribution is -2.14. The number of pyridine rings is 1. The molecule has 0 atom stereocenters. The highest BCUT2D eigenvalue weighted by molar-refractivity contribution is 7.15. The molecule has 0 bridgehead atoms. The van der Waals surface area contributed by atoms with Crippen LogP contribution in [0.1, 0.15) is 22.3 Å². The number of nitrogens with zero attached hydrogens (tertiary/aromatic N) is 2. The van der Waals surface area contributed by atoms with Gasteiger partial charge in [0.1, 0.15) is 5.01 Å². The summed E-state index contributed by atoms with van der Waals surface area (Å²) in [5, 5.41) is 11.7. The molecule has 2 aromatic rings. The van der Waals surface area contributed by atoms with Crippen LogP contribution in [0.3, 0.4) is 0 Å². The summed E-state index contributed by atoms with van der Waals surface area (Å²) in [6.07, 6.45) is 2.14. The number of amides is 1. The average Bonchev–Trinajstić information content (AvgIpc) is 2.77. The zero-order valence-corrected chi connectivity index (χ0v) is 9.87. The van der Waals surface area contributed by atoms with Gasteiger partial charge in [0.25, 0.3) is 5.91 Å². The molecule has 0 aliphatic carbocycles. The van der Waals surface area contributed by atoms with E-state index in [1.807, 2.05) is 6.92 Å². The molecule has 6 nitrogen and oxygen atoms in total. The molecule has 2 rings (SSSR count). The van der Waals surface area contributed by atoms with Crippen LogP contribution in [-0.2, 0) is 6.42 Å². The summed E-state index contributed by atoms with van der Waals surface area (Å²) in [5.74, 6) is -0.319. The number of hydrogen-bond acceptors (Lipinski definition) is 5. The second-order valence-corrected chi connectivity index (χ2v) is 4.31. The SMILES string of the molecule is CCc1nnc(NC(=O)c2ccc(=O)[nH]c2)s1. The van der Waals surface area contributed by atoms with Crippen molar-refractivity contribution >= 4 is 22.4 Å². The molecule has 88 valence electrons. The average molecular weight is 250 g/mol. The number of rotatable bonds is 3. The van der Waals surface area contributed by atoms with Gasteiger partial charge >= 0.3 is 0 Å². The largest absolute Gasteiger partial charge is 0.328 e. The fourth-order valence-electron chi connectivity index (χ4n) is 1.17. The van der Waals surface area contributed by atoms with E-state index in [1.54, 1.807) is 0 Å². The molecular weight excluding hydrogens is 240 g/mol. The minimum Gasteiger partial charge on any atom is -0.328 e. The Kier molecular flexibility index (Phi) is 3.29. The lowest BCUT2D eigenvalue weighted by Gasteiger charge is -1.99. The van der Waals surface area contributed by atoms with Gasteiger partial charge in [0.2, 0.25) is 10.7 Å². The van der Waals surface area contributed by atoms with Crippen LogP contribution in [-0.4, -0.2) is 21.1 Å². The highest BCUT2D eigenvalue weighted by Gasteiger charge is 2.09. The number of H-pyrrole nitrogens is 1. The van der Waals surface area contributed by atoms with Crippen LogP contribution < -0.4 is 10.9 Å². The highest BCUT2D eigenvalue weighted by atomic mass is 32.1. The number of nitrogens with one attached hydrogen (secondary N) is 2. The molecule has 2 N–H and O–H groups in total. The van der Waals surface area contributed by atoms with Gasteiger partial charge < -0.3 is 4.98 Å². The van der Waals surface area contributed by atoms with Crippen molar-refractivity contribution in [3.05, 3.63) is 39.3 Å². The summed E-state index contributed by atoms with van der Waals surface area (Å²) in [7, 11) is 0. The first-order valence-electron chi connectivity index (χ1n) is 5.01. The summed E-state index contributed by atoms with van der Waals surface area (Å²) in [6, 6.07) is 2.75. The second-order valence-electron chi connectivity index (χ2n) is 3.25. The van der Waals surface area contributed by atoms with E-state index in [4.69, 9.17) is 0 Å². The molecule has 0 spiro atoms. The topological polar surface area (TPSA) is 87.7 Å². The Bertz CT molecular complexity index is 569. The Morgan fingerprint density at radius 3 is 2.88 bits per heavy atom. The fraction of sp³-hybridized carbons (Fsp3) is 0.200. The zero-order chi connectivity index (χ0) is 12.3. The van der Waals surface area contributed by atoms with Crippen LogP contribution in [0.4, 0.5) is 5.13 Å². The normalized spacial score (nSPS) is 10.2. The minimum atomic E-state index is -0.319. The van der Waals surface area contributed by atoms with Crippen molar-refractivity contribution in [1.29, 1.82) is 0 Å². The third-order valence-electron chi connectivity index (χ3n) is 2.04. The van der Waals surface area contributed by atoms with Crippen molar-refractivity contribution < 1.29 is 4.79 Å². The number of anilines is 1. The van der Waals surface area contributed by atoms with E-state index in [0.717, 1.165) is 11.4 Å². The van der Waals surface area contributed by atoms with Gasteiger partial charge in [0.15, 0.2) is 0 Å². The summed E-state index contributed by atoms with van der Waals surface area (Å²) in [5.41, 5.74) is 0.128. The Morgan fingerprint density at radius 1 is 1.47 bits per heavy atom. The van der Waals surface area contributed by atoms with E-state index < -0.39 is 0 Å². The highest BCUT2D eigenvalue weighted by Crippen LogP contribution is 2.15. The second kappa shape index (κ2) is 4.88. The molecule has 17 heavy (non-hydrogen) atoms. The van der Waals surface area contributed by atoms with Crippen LogP contribution in [0.5, 0.6) is 0 Å². The number of hydrogen-bond donors (Lipinski definition) is 2. The van der Waals surface area contributed by atoms with Crippen LogP contribution >= 0.6 is 11.3 Å². The standard InChI is InChI=1S/C10H10N4O2S/c1-2-8-13-14-10(17-8)12-9(16)6-3-4-7(15)11-5-6/h3-5H,2H2,1H3,(H,11,15)(H,12,14,16). The smallest absolute Gasteiger partial charge is 0.258 e. The Labute approximate surface area is 101 Å². The lowest BCUT2D eigenvalue weighted by molar-refractivity contribution is 0.102. The molecule has 0 saturated carbocycles. The van der Waals surface area contributed by atoms with Crippen LogP contribution in [0.2, 0.25) is 0 Å². The van der Waals surface area contributed by atoms with Crippen molar-refractivity contribution in [2.24, 2.45) is 0 Å². The monoisotopic (exact) mass is 250 g/mol. The maximum absolute atomic E-state index is 11.7. The van der Waals surface area contributed by atoms with Crippen LogP contribution in [0.25, 0.3) is 0 Å². The van der Waals surface area contributed by atoms with Gasteiger partial charge in [-0.1, -0.05) is 18.3 Å². The predicted octanol–water partition coefficient (Wildman–Crippen LogP) is 1.04. The van der Waals surface area contributed by atoms with Gasteiger partial charge in [-0.25, -0.2) is 0 Å². The third kappa shape index (κ3) is 2.76. The fourth-order valence-corrected chi connectivity index (χ4v) is 1.84. The van der Waals surface area contributed by atoms with E-state index in [0.29, 0.717) is 10.7 Å². The number of carbonyl (C=O) groups excluding carboxylic acids is 1. The molecule has 7 heteroatoms. The summed E-state index contributed by atoms with van der Waals surface area (Å²) < 4.78 is 0. The van der Waals surface area contributed by atoms with Gasteiger partial charge in [-0.05, 0) is 12.5 Å². The molecule has 0 aromatic carbocycles. The number of carbonyl (C=O) groups is 1. The number of aryl methyl sites for hydroxylation is 1. The zero-order valence-electron chi connectivity index (χ0n) is 9.06. The first-order valence-corrected chi connectivity index (χ1v) is 5.83. The lowest BCUT2D eigenvalue weighted by atomic mass is 10.3. The molecule has 1 amide bonds. The quantitative estimate of drug-likeness (QED) is 0.852. The Hall–Kier alpha value is -2.02. The summed E-state index contributed by atoms with van der Waals surface area (Å²) in [6.45, 7) is 1.97. The van der Waals surface area contributed by atoms with E-state index in [1.165, 1.54) is 29.7 Å². The van der Waals surface area contributed by atoms with Crippen LogP contribution in [0.15, 0.2) is 23.1 Å². The number of aromatic nitrogens is 3. The molecule has 0 radical (unpaired) electrons. The maximum atomic E-state index is 11.7. The van der Waals surface area contributed by atoms with Crippen molar-refractivity contribution in [3.63, 3.8) is 0 Å². The van der Waals surface area contributed by atoms with E-state index in [9.17, 15) is 9.59 Å². The van der Waals surface area contributed by atoms with Gasteiger partial charge in [0, 0.05) is 12.3 Å². The van der Waals surface area contributed by atoms with E-state index in [-0.39, 0.29) is 11.5 Å². The van der Waals surface area contributed by atoms with Gasteiger partial charge in [-0.3, -0.25) is 14.9 Å². The molecule has 2 heterocycles. The Morgan fingerprint density at radius 2 is 2.29 bits per heavy atom. The molecule has 0 aliphatic rings. The first kappa shape index (κ1) is 11.5. The minimum absolute atomic E-state index is 0.245. The van der Waals surface area contributed by atoms with Crippen molar-refractivity contribution in [2.75, 3.05) is 5.32 Å². The van der Waals surface area contributed by atoms with Crippen molar-refractivity contribution in [2.45, 2.75) is 13.3 Å². The number of aromatic amines is 1. The summed E-state index contributed by atoms with van der Waals surface area (Å²) in [4.78, 5) is 25.0. The molecule has 0 unspecified atom stereocenters. The molecule has 0 fully saturated rings. The van der Waals surface area contributed by atoms with Crippen LogP contribution in [0, 0.1) is 0 Å². The Balaban J connectivity index is 2.11.